The lowest BCUT2D eigenvalue weighted by Crippen LogP contribution is -2.64. The molecule has 1 aromatic carbocycles. The summed E-state index contributed by atoms with van der Waals surface area (Å²) in [6.45, 7) is 3.33. The van der Waals surface area contributed by atoms with E-state index in [9.17, 15) is 19.2 Å². The van der Waals surface area contributed by atoms with Crippen molar-refractivity contribution in [1.29, 1.82) is 0 Å². The minimum Gasteiger partial charge on any atom is -0.463 e. The van der Waals surface area contributed by atoms with Gasteiger partial charge >= 0.3 is 24.0 Å². The second-order valence-corrected chi connectivity index (χ2v) is 7.61. The lowest BCUT2D eigenvalue weighted by molar-refractivity contribution is -0.210. The maximum atomic E-state index is 12.4. The molecule has 1 saturated heterocycles. The quantitative estimate of drug-likeness (QED) is 0.338. The van der Waals surface area contributed by atoms with Crippen LogP contribution in [0.2, 0.25) is 0 Å². The number of esters is 3. The fourth-order valence-corrected chi connectivity index (χ4v) is 3.65. The minimum absolute atomic E-state index is 0.0217. The molecule has 0 spiro atoms. The highest BCUT2D eigenvalue weighted by Gasteiger charge is 2.50. The summed E-state index contributed by atoms with van der Waals surface area (Å²) in [6.07, 6.45) is -4.02. The first-order valence-electron chi connectivity index (χ1n) is 9.42. The summed E-state index contributed by atoms with van der Waals surface area (Å²) >= 11 is 3.29. The molecule has 11 heteroatoms. The fraction of sp³-hybridized carbons (Fsp3) is 0.500. The van der Waals surface area contributed by atoms with Gasteiger partial charge < -0.3 is 29.0 Å². The Kier molecular flexibility index (Phi) is 9.25. The van der Waals surface area contributed by atoms with Crippen LogP contribution in [-0.2, 0) is 44.7 Å². The van der Waals surface area contributed by atoms with Crippen molar-refractivity contribution in [3.8, 4) is 0 Å². The predicted octanol–water partition coefficient (Wildman–Crippen LogP) is 1.83. The van der Waals surface area contributed by atoms with Crippen molar-refractivity contribution in [3.05, 3.63) is 35.9 Å². The van der Waals surface area contributed by atoms with Crippen LogP contribution in [-0.4, -0.2) is 60.0 Å². The standard InChI is InChI=1S/C20H24BrNO9/c1-11(23)27-10-15-17(29-12(2)24)18(30-13(3)25)16(19(21)31-15)22-20(26)28-9-14-7-5-4-6-8-14/h4-8,15-19H,9-10H2,1-3H3,(H,22,26)/t15-,16-,17-,18-,19-/m1/s1. The molecule has 1 amide bonds. The maximum absolute atomic E-state index is 12.4. The molecule has 5 atom stereocenters. The van der Waals surface area contributed by atoms with Crippen molar-refractivity contribution in [2.75, 3.05) is 6.61 Å². The van der Waals surface area contributed by atoms with Gasteiger partial charge in [0.1, 0.15) is 30.4 Å². The number of ether oxygens (including phenoxy) is 5. The normalized spacial score (nSPS) is 25.1. The van der Waals surface area contributed by atoms with E-state index in [0.29, 0.717) is 0 Å². The van der Waals surface area contributed by atoms with Gasteiger partial charge in [-0.25, -0.2) is 4.79 Å². The second kappa shape index (κ2) is 11.7. The predicted molar refractivity (Wildman–Crippen MR) is 109 cm³/mol. The first-order valence-corrected chi connectivity index (χ1v) is 10.3. The van der Waals surface area contributed by atoms with Crippen LogP contribution in [0.4, 0.5) is 4.79 Å². The highest BCUT2D eigenvalue weighted by molar-refractivity contribution is 9.09. The molecule has 1 aromatic rings. The van der Waals surface area contributed by atoms with Gasteiger partial charge in [-0.2, -0.15) is 0 Å². The Morgan fingerprint density at radius 1 is 0.935 bits per heavy atom. The number of carbonyl (C=O) groups excluding carboxylic acids is 4. The lowest BCUT2D eigenvalue weighted by atomic mass is 9.97. The summed E-state index contributed by atoms with van der Waals surface area (Å²) < 4.78 is 26.6. The van der Waals surface area contributed by atoms with Crippen LogP contribution in [0.3, 0.4) is 0 Å². The van der Waals surface area contributed by atoms with E-state index in [-0.39, 0.29) is 13.2 Å². The molecule has 1 aliphatic rings. The highest BCUT2D eigenvalue weighted by Crippen LogP contribution is 2.30. The second-order valence-electron chi connectivity index (χ2n) is 6.71. The van der Waals surface area contributed by atoms with Crippen LogP contribution in [0.5, 0.6) is 0 Å². The molecule has 0 unspecified atom stereocenters. The van der Waals surface area contributed by atoms with Crippen LogP contribution in [0, 0.1) is 0 Å². The van der Waals surface area contributed by atoms with E-state index in [0.717, 1.165) is 5.56 Å². The van der Waals surface area contributed by atoms with Gasteiger partial charge in [0.25, 0.3) is 0 Å². The molecule has 0 aromatic heterocycles. The van der Waals surface area contributed by atoms with Gasteiger partial charge in [0.2, 0.25) is 0 Å². The van der Waals surface area contributed by atoms with Crippen LogP contribution in [0.15, 0.2) is 30.3 Å². The molecule has 170 valence electrons. The van der Waals surface area contributed by atoms with Gasteiger partial charge in [-0.05, 0) is 5.56 Å². The van der Waals surface area contributed by atoms with Crippen molar-refractivity contribution < 1.29 is 42.9 Å². The number of halogens is 1. The van der Waals surface area contributed by atoms with Crippen LogP contribution in [0.25, 0.3) is 0 Å². The number of nitrogens with one attached hydrogen (secondary N) is 1. The summed E-state index contributed by atoms with van der Waals surface area (Å²) in [5, 5.41) is 1.71. The maximum Gasteiger partial charge on any atom is 0.407 e. The Labute approximate surface area is 187 Å². The molecule has 0 radical (unpaired) electrons. The Morgan fingerprint density at radius 2 is 1.55 bits per heavy atom. The first kappa shape index (κ1) is 24.6. The average Bonchev–Trinajstić information content (AvgIpc) is 2.70. The molecule has 31 heavy (non-hydrogen) atoms. The molecule has 0 saturated carbocycles. The zero-order chi connectivity index (χ0) is 23.0. The summed E-state index contributed by atoms with van der Waals surface area (Å²) in [6, 6.07) is 8.08. The van der Waals surface area contributed by atoms with Crippen molar-refractivity contribution >= 4 is 39.9 Å². The molecule has 1 heterocycles. The number of alkyl halides is 1. The van der Waals surface area contributed by atoms with Gasteiger partial charge in [0, 0.05) is 20.8 Å². The van der Waals surface area contributed by atoms with Crippen LogP contribution < -0.4 is 5.32 Å². The lowest BCUT2D eigenvalue weighted by Gasteiger charge is -2.43. The summed E-state index contributed by atoms with van der Waals surface area (Å²) in [5.41, 5.74) is 0.781. The van der Waals surface area contributed by atoms with E-state index in [4.69, 9.17) is 23.7 Å². The summed E-state index contributed by atoms with van der Waals surface area (Å²) in [7, 11) is 0. The molecular weight excluding hydrogens is 478 g/mol. The monoisotopic (exact) mass is 501 g/mol. The molecule has 10 nitrogen and oxygen atoms in total. The number of carbonyl (C=O) groups is 4. The van der Waals surface area contributed by atoms with E-state index < -0.39 is 53.4 Å². The highest BCUT2D eigenvalue weighted by atomic mass is 79.9. The number of hydrogen-bond acceptors (Lipinski definition) is 9. The SMILES string of the molecule is CC(=O)OC[C@H]1O[C@@H](Br)[C@H](NC(=O)OCc2ccccc2)[C@@H](OC(C)=O)[C@@H]1OC(C)=O. The number of hydrogen-bond donors (Lipinski definition) is 1. The third kappa shape index (κ3) is 7.83. The van der Waals surface area contributed by atoms with Gasteiger partial charge in [-0.3, -0.25) is 14.4 Å². The number of benzene rings is 1. The van der Waals surface area contributed by atoms with E-state index in [1.165, 1.54) is 20.8 Å². The van der Waals surface area contributed by atoms with Gasteiger partial charge in [0.05, 0.1) is 0 Å². The molecule has 1 fully saturated rings. The summed E-state index contributed by atoms with van der Waals surface area (Å²) in [5.74, 6) is -1.90. The number of rotatable bonds is 7. The topological polar surface area (TPSA) is 126 Å². The Balaban J connectivity index is 2.16. The van der Waals surface area contributed by atoms with Crippen molar-refractivity contribution in [2.24, 2.45) is 0 Å². The van der Waals surface area contributed by atoms with E-state index in [1.54, 1.807) is 12.1 Å². The molecular formula is C20H24BrNO9. The fourth-order valence-electron chi connectivity index (χ4n) is 2.94. The molecule has 0 bridgehead atoms. The third-order valence-corrected chi connectivity index (χ3v) is 4.97. The van der Waals surface area contributed by atoms with E-state index in [1.807, 2.05) is 18.2 Å². The molecule has 1 N–H and O–H groups in total. The Bertz CT molecular complexity index is 788. The molecule has 0 aliphatic carbocycles. The Hall–Kier alpha value is -2.66. The smallest absolute Gasteiger partial charge is 0.407 e. The minimum atomic E-state index is -1.14. The zero-order valence-corrected chi connectivity index (χ0v) is 18.8. The van der Waals surface area contributed by atoms with Gasteiger partial charge in [-0.1, -0.05) is 46.3 Å². The molecule has 2 rings (SSSR count). The Morgan fingerprint density at radius 3 is 2.13 bits per heavy atom. The van der Waals surface area contributed by atoms with Crippen LogP contribution >= 0.6 is 15.9 Å². The van der Waals surface area contributed by atoms with Crippen molar-refractivity contribution in [2.45, 2.75) is 56.7 Å². The van der Waals surface area contributed by atoms with Crippen molar-refractivity contribution in [3.63, 3.8) is 0 Å². The first-order chi connectivity index (χ1) is 14.7. The molecule has 1 aliphatic heterocycles. The van der Waals surface area contributed by atoms with Gasteiger partial charge in [0.15, 0.2) is 12.2 Å². The van der Waals surface area contributed by atoms with E-state index >= 15 is 0 Å². The zero-order valence-electron chi connectivity index (χ0n) is 17.2. The third-order valence-electron chi connectivity index (χ3n) is 4.18. The summed E-state index contributed by atoms with van der Waals surface area (Å²) in [4.78, 5) is 46.9. The van der Waals surface area contributed by atoms with Crippen LogP contribution in [0.1, 0.15) is 26.3 Å². The van der Waals surface area contributed by atoms with E-state index in [2.05, 4.69) is 21.2 Å². The average molecular weight is 502 g/mol. The largest absolute Gasteiger partial charge is 0.463 e. The van der Waals surface area contributed by atoms with Crippen molar-refractivity contribution in [1.82, 2.24) is 5.32 Å². The van der Waals surface area contributed by atoms with Gasteiger partial charge in [-0.15, -0.1) is 0 Å². The number of alkyl carbamates (subject to hydrolysis) is 1. The number of amides is 1.